The van der Waals surface area contributed by atoms with E-state index in [4.69, 9.17) is 0 Å². The van der Waals surface area contributed by atoms with E-state index in [1.807, 2.05) is 59.3 Å². The molecule has 5 rings (SSSR count). The molecular weight excluding hydrogens is 490 g/mol. The molecule has 5 aromatic rings. The molecule has 9 heteroatoms. The van der Waals surface area contributed by atoms with E-state index < -0.39 is 21.9 Å². The van der Waals surface area contributed by atoms with Crippen LogP contribution in [-0.2, 0) is 16.6 Å². The van der Waals surface area contributed by atoms with Gasteiger partial charge in [-0.05, 0) is 41.0 Å². The lowest BCUT2D eigenvalue weighted by Crippen LogP contribution is -2.30. The number of sulfonamides is 1. The number of hydrogen-bond donors (Lipinski definition) is 2. The number of carbonyl (C=O) groups excluding carboxylic acids is 1. The fourth-order valence-corrected chi connectivity index (χ4v) is 5.09. The second-order valence-corrected chi connectivity index (χ2v) is 9.99. The lowest BCUT2D eigenvalue weighted by atomic mass is 10.0. The Kier molecular flexibility index (Phi) is 6.29. The van der Waals surface area contributed by atoms with E-state index in [0.717, 1.165) is 16.7 Å². The minimum Gasteiger partial charge on any atom is -0.475 e. The van der Waals surface area contributed by atoms with Crippen molar-refractivity contribution in [3.63, 3.8) is 0 Å². The molecule has 1 amide bonds. The summed E-state index contributed by atoms with van der Waals surface area (Å²) in [5.41, 5.74) is 3.38. The normalized spacial score (nSPS) is 11.4. The molecule has 0 bridgehead atoms. The summed E-state index contributed by atoms with van der Waals surface area (Å²) < 4.78 is 28.8. The third-order valence-corrected chi connectivity index (χ3v) is 7.24. The van der Waals surface area contributed by atoms with Crippen LogP contribution in [0.25, 0.3) is 22.2 Å². The van der Waals surface area contributed by atoms with Crippen molar-refractivity contribution < 1.29 is 23.1 Å². The van der Waals surface area contributed by atoms with Crippen molar-refractivity contribution in [1.29, 1.82) is 0 Å². The minimum absolute atomic E-state index is 0.0438. The Morgan fingerprint density at radius 3 is 2.05 bits per heavy atom. The van der Waals surface area contributed by atoms with Crippen LogP contribution in [0.4, 0.5) is 0 Å². The summed E-state index contributed by atoms with van der Waals surface area (Å²) in [5, 5.41) is 9.82. The molecule has 4 aromatic carbocycles. The molecule has 0 atom stereocenters. The van der Waals surface area contributed by atoms with E-state index in [1.165, 1.54) is 22.8 Å². The fraction of sp³-hybridized carbons (Fsp3) is 0.0357. The van der Waals surface area contributed by atoms with E-state index in [2.05, 4.69) is 4.98 Å². The zero-order valence-corrected chi connectivity index (χ0v) is 20.2. The summed E-state index contributed by atoms with van der Waals surface area (Å²) in [6.45, 7) is 0.195. The third kappa shape index (κ3) is 4.85. The highest BCUT2D eigenvalue weighted by Crippen LogP contribution is 2.24. The topological polar surface area (TPSA) is 118 Å². The highest BCUT2D eigenvalue weighted by molar-refractivity contribution is 7.90. The number of hydrogen-bond acceptors (Lipinski definition) is 5. The molecule has 1 aromatic heterocycles. The van der Waals surface area contributed by atoms with Gasteiger partial charge in [-0.2, -0.15) is 0 Å². The molecule has 0 aliphatic heterocycles. The largest absolute Gasteiger partial charge is 0.475 e. The molecule has 8 nitrogen and oxygen atoms in total. The van der Waals surface area contributed by atoms with Gasteiger partial charge < -0.3 is 9.67 Å². The SMILES string of the molecule is O=C(NS(=O)(=O)c1ccccc1)c1cccc2c1nc(C(=O)O)n2Cc1ccc(-c2ccccc2)cc1. The van der Waals surface area contributed by atoms with Gasteiger partial charge in [-0.1, -0.05) is 78.9 Å². The number of fused-ring (bicyclic) bond motifs is 1. The van der Waals surface area contributed by atoms with E-state index in [-0.39, 0.29) is 28.3 Å². The highest BCUT2D eigenvalue weighted by Gasteiger charge is 2.24. The van der Waals surface area contributed by atoms with Crippen molar-refractivity contribution in [1.82, 2.24) is 14.3 Å². The first-order chi connectivity index (χ1) is 17.8. The van der Waals surface area contributed by atoms with Crippen molar-refractivity contribution in [2.24, 2.45) is 0 Å². The summed E-state index contributed by atoms with van der Waals surface area (Å²) >= 11 is 0. The number of carbonyl (C=O) groups is 2. The molecule has 2 N–H and O–H groups in total. The van der Waals surface area contributed by atoms with E-state index in [9.17, 15) is 23.1 Å². The molecule has 184 valence electrons. The lowest BCUT2D eigenvalue weighted by molar-refractivity contribution is 0.0679. The molecule has 0 saturated carbocycles. The van der Waals surface area contributed by atoms with Gasteiger partial charge in [0.25, 0.3) is 15.9 Å². The van der Waals surface area contributed by atoms with E-state index >= 15 is 0 Å². The van der Waals surface area contributed by atoms with Crippen LogP contribution < -0.4 is 4.72 Å². The van der Waals surface area contributed by atoms with Gasteiger partial charge in [-0.15, -0.1) is 0 Å². The zero-order valence-electron chi connectivity index (χ0n) is 19.4. The standard InChI is InChI=1S/C28H21N3O5S/c32-27(30-37(35,36)22-10-5-2-6-11-22)23-12-7-13-24-25(23)29-26(28(33)34)31(24)18-19-14-16-21(17-15-19)20-8-3-1-4-9-20/h1-17H,18H2,(H,30,32)(H,33,34). The number of aromatic nitrogens is 2. The Morgan fingerprint density at radius 1 is 0.784 bits per heavy atom. The van der Waals surface area contributed by atoms with Gasteiger partial charge in [0, 0.05) is 6.54 Å². The van der Waals surface area contributed by atoms with Crippen molar-refractivity contribution >= 4 is 32.9 Å². The number of amides is 1. The summed E-state index contributed by atoms with van der Waals surface area (Å²) in [6.07, 6.45) is 0. The van der Waals surface area contributed by atoms with E-state index in [0.29, 0.717) is 5.52 Å². The second kappa shape index (κ2) is 9.71. The number of rotatable bonds is 7. The molecule has 0 saturated heterocycles. The van der Waals surface area contributed by atoms with Gasteiger partial charge in [-0.25, -0.2) is 22.9 Å². The summed E-state index contributed by atoms with van der Waals surface area (Å²) in [6, 6.07) is 29.7. The number of imidazole rings is 1. The van der Waals surface area contributed by atoms with Crippen molar-refractivity contribution in [3.8, 4) is 11.1 Å². The number of benzene rings is 4. The smallest absolute Gasteiger partial charge is 0.372 e. The van der Waals surface area contributed by atoms with Gasteiger partial charge in [0.2, 0.25) is 5.82 Å². The van der Waals surface area contributed by atoms with E-state index in [1.54, 1.807) is 30.3 Å². The Labute approximate surface area is 212 Å². The first-order valence-electron chi connectivity index (χ1n) is 11.3. The first-order valence-corrected chi connectivity index (χ1v) is 12.8. The number of aromatic carboxylic acids is 1. The van der Waals surface area contributed by atoms with Crippen LogP contribution in [0.2, 0.25) is 0 Å². The van der Waals surface area contributed by atoms with Gasteiger partial charge >= 0.3 is 5.97 Å². The van der Waals surface area contributed by atoms with Crippen molar-refractivity contribution in [2.75, 3.05) is 0 Å². The minimum atomic E-state index is -4.12. The number of carboxylic acid groups (broad SMARTS) is 1. The Morgan fingerprint density at radius 2 is 1.41 bits per heavy atom. The molecule has 0 fully saturated rings. The summed E-state index contributed by atoms with van der Waals surface area (Å²) in [4.78, 5) is 29.2. The third-order valence-electron chi connectivity index (χ3n) is 5.90. The average Bonchev–Trinajstić information content (AvgIpc) is 3.28. The fourth-order valence-electron chi connectivity index (χ4n) is 4.10. The van der Waals surface area contributed by atoms with Crippen LogP contribution >= 0.6 is 0 Å². The molecule has 0 unspecified atom stereocenters. The Bertz CT molecular complexity index is 1710. The maximum absolute atomic E-state index is 13.0. The van der Waals surface area contributed by atoms with Gasteiger partial charge in [-0.3, -0.25) is 4.79 Å². The lowest BCUT2D eigenvalue weighted by Gasteiger charge is -2.10. The number of para-hydroxylation sites is 1. The summed E-state index contributed by atoms with van der Waals surface area (Å²) in [7, 11) is -4.12. The van der Waals surface area contributed by atoms with Gasteiger partial charge in [0.05, 0.1) is 16.0 Å². The molecular formula is C28H21N3O5S. The maximum atomic E-state index is 13.0. The van der Waals surface area contributed by atoms with Gasteiger partial charge in [0.15, 0.2) is 0 Å². The summed E-state index contributed by atoms with van der Waals surface area (Å²) in [5.74, 6) is -2.42. The predicted molar refractivity (Wildman–Crippen MR) is 139 cm³/mol. The zero-order chi connectivity index (χ0) is 26.0. The highest BCUT2D eigenvalue weighted by atomic mass is 32.2. The maximum Gasteiger partial charge on any atom is 0.372 e. The van der Waals surface area contributed by atoms with Crippen LogP contribution in [0, 0.1) is 0 Å². The Balaban J connectivity index is 1.49. The van der Waals surface area contributed by atoms with Crippen LogP contribution in [-0.4, -0.2) is 35.0 Å². The number of nitrogens with zero attached hydrogens (tertiary/aromatic N) is 2. The number of nitrogens with one attached hydrogen (secondary N) is 1. The van der Waals surface area contributed by atoms with Crippen LogP contribution in [0.3, 0.4) is 0 Å². The quantitative estimate of drug-likeness (QED) is 0.331. The predicted octanol–water partition coefficient (Wildman–Crippen LogP) is 4.57. The van der Waals surface area contributed by atoms with Crippen molar-refractivity contribution in [2.45, 2.75) is 11.4 Å². The second-order valence-electron chi connectivity index (χ2n) is 8.31. The molecule has 0 spiro atoms. The first kappa shape index (κ1) is 24.0. The Hall–Kier alpha value is -4.76. The molecule has 0 aliphatic carbocycles. The van der Waals surface area contributed by atoms with Crippen LogP contribution in [0.5, 0.6) is 0 Å². The van der Waals surface area contributed by atoms with Crippen molar-refractivity contribution in [3.05, 3.63) is 120 Å². The van der Waals surface area contributed by atoms with Crippen LogP contribution in [0.1, 0.15) is 26.5 Å². The molecule has 0 radical (unpaired) electrons. The molecule has 1 heterocycles. The molecule has 0 aliphatic rings. The van der Waals surface area contributed by atoms with Gasteiger partial charge in [0.1, 0.15) is 5.52 Å². The monoisotopic (exact) mass is 511 g/mol. The number of carboxylic acids is 1. The average molecular weight is 512 g/mol. The van der Waals surface area contributed by atoms with Crippen LogP contribution in [0.15, 0.2) is 108 Å². The molecule has 37 heavy (non-hydrogen) atoms.